The molecule has 0 radical (unpaired) electrons. The van der Waals surface area contributed by atoms with Crippen LogP contribution in [0.2, 0.25) is 0 Å². The molecule has 0 saturated carbocycles. The number of nitrogens with one attached hydrogen (secondary N) is 1. The second-order valence-electron chi connectivity index (χ2n) is 6.66. The molecule has 0 bridgehead atoms. The molecule has 0 saturated heterocycles. The average molecular weight is 334 g/mol. The van der Waals surface area contributed by atoms with Crippen LogP contribution in [0.3, 0.4) is 0 Å². The summed E-state index contributed by atoms with van der Waals surface area (Å²) in [4.78, 5) is 0. The summed E-state index contributed by atoms with van der Waals surface area (Å²) in [6, 6.07) is 15.2. The molecule has 0 spiro atoms. The van der Waals surface area contributed by atoms with Crippen molar-refractivity contribution in [2.75, 3.05) is 5.32 Å². The Morgan fingerprint density at radius 1 is 1.04 bits per heavy atom. The van der Waals surface area contributed by atoms with Crippen LogP contribution in [0.15, 0.2) is 55.1 Å². The lowest BCUT2D eigenvalue weighted by molar-refractivity contribution is 0.791. The predicted octanol–water partition coefficient (Wildman–Crippen LogP) is 7.23. The second kappa shape index (κ2) is 9.88. The highest BCUT2D eigenvalue weighted by Crippen LogP contribution is 2.22. The quantitative estimate of drug-likeness (QED) is 0.510. The van der Waals surface area contributed by atoms with Gasteiger partial charge in [-0.1, -0.05) is 75.8 Å². The lowest BCUT2D eigenvalue weighted by Gasteiger charge is -2.13. The van der Waals surface area contributed by atoms with Gasteiger partial charge in [-0.2, -0.15) is 0 Å². The molecule has 0 fully saturated rings. The maximum Gasteiger partial charge on any atom is 0.0387 e. The lowest BCUT2D eigenvalue weighted by atomic mass is 10.0. The van der Waals surface area contributed by atoms with Gasteiger partial charge in [-0.15, -0.1) is 0 Å². The van der Waals surface area contributed by atoms with Gasteiger partial charge in [0, 0.05) is 11.4 Å². The summed E-state index contributed by atoms with van der Waals surface area (Å²) in [6.07, 6.45) is 10.3. The standard InChI is InChI=1S/C24H31N/c1-5-7-9-10-21-13-15-22(16-14-21)20(4)25-24-17-12-19(3)23(18-24)11-8-6-2/h9-10,12-18,25H,4-8,11H2,1-3H3/b10-9+. The van der Waals surface area contributed by atoms with Crippen molar-refractivity contribution in [1.29, 1.82) is 0 Å². The van der Waals surface area contributed by atoms with Crippen molar-refractivity contribution in [2.45, 2.75) is 52.9 Å². The molecule has 0 atom stereocenters. The van der Waals surface area contributed by atoms with Crippen LogP contribution >= 0.6 is 0 Å². The summed E-state index contributed by atoms with van der Waals surface area (Å²) in [5, 5.41) is 3.46. The first kappa shape index (κ1) is 19.1. The molecular formula is C24H31N. The molecule has 0 aromatic heterocycles. The molecule has 0 amide bonds. The molecule has 1 nitrogen and oxygen atoms in total. The van der Waals surface area contributed by atoms with Crippen molar-refractivity contribution in [3.8, 4) is 0 Å². The van der Waals surface area contributed by atoms with Crippen LogP contribution in [0.5, 0.6) is 0 Å². The Morgan fingerprint density at radius 3 is 2.48 bits per heavy atom. The van der Waals surface area contributed by atoms with Gasteiger partial charge in [0.15, 0.2) is 0 Å². The topological polar surface area (TPSA) is 12.0 Å². The van der Waals surface area contributed by atoms with E-state index in [2.05, 4.69) is 87.3 Å². The summed E-state index contributed by atoms with van der Waals surface area (Å²) >= 11 is 0. The first-order chi connectivity index (χ1) is 12.1. The fraction of sp³-hybridized carbons (Fsp3) is 0.333. The zero-order valence-electron chi connectivity index (χ0n) is 15.9. The van der Waals surface area contributed by atoms with Crippen LogP contribution in [-0.4, -0.2) is 0 Å². The zero-order valence-corrected chi connectivity index (χ0v) is 15.9. The smallest absolute Gasteiger partial charge is 0.0387 e. The minimum atomic E-state index is 0.939. The monoisotopic (exact) mass is 333 g/mol. The van der Waals surface area contributed by atoms with E-state index in [4.69, 9.17) is 0 Å². The third-order valence-corrected chi connectivity index (χ3v) is 4.47. The Bertz CT molecular complexity index is 707. The summed E-state index contributed by atoms with van der Waals surface area (Å²) < 4.78 is 0. The van der Waals surface area contributed by atoms with Crippen molar-refractivity contribution < 1.29 is 0 Å². The van der Waals surface area contributed by atoms with E-state index in [1.807, 2.05) is 0 Å². The highest BCUT2D eigenvalue weighted by atomic mass is 14.9. The number of benzene rings is 2. The van der Waals surface area contributed by atoms with Crippen molar-refractivity contribution >= 4 is 17.5 Å². The number of unbranched alkanes of at least 4 members (excludes halogenated alkanes) is 2. The van der Waals surface area contributed by atoms with Gasteiger partial charge < -0.3 is 5.32 Å². The number of hydrogen-bond donors (Lipinski definition) is 1. The van der Waals surface area contributed by atoms with Gasteiger partial charge >= 0.3 is 0 Å². The number of rotatable bonds is 9. The van der Waals surface area contributed by atoms with E-state index < -0.39 is 0 Å². The van der Waals surface area contributed by atoms with Crippen LogP contribution in [0.1, 0.15) is 61.8 Å². The van der Waals surface area contributed by atoms with Gasteiger partial charge in [0.2, 0.25) is 0 Å². The predicted molar refractivity (Wildman–Crippen MR) is 113 cm³/mol. The summed E-state index contributed by atoms with van der Waals surface area (Å²) in [5.41, 5.74) is 7.22. The highest BCUT2D eigenvalue weighted by molar-refractivity contribution is 5.76. The number of aryl methyl sites for hydroxylation is 2. The van der Waals surface area contributed by atoms with E-state index in [0.717, 1.165) is 29.8 Å². The van der Waals surface area contributed by atoms with Crippen LogP contribution in [0.25, 0.3) is 11.8 Å². The van der Waals surface area contributed by atoms with Crippen molar-refractivity contribution in [3.63, 3.8) is 0 Å². The average Bonchev–Trinajstić information content (AvgIpc) is 2.63. The Labute approximate surface area is 153 Å². The SMILES string of the molecule is C=C(Nc1ccc(C)c(CCCC)c1)c1ccc(/C=C/CCC)cc1. The van der Waals surface area contributed by atoms with E-state index in [-0.39, 0.29) is 0 Å². The lowest BCUT2D eigenvalue weighted by Crippen LogP contribution is -1.99. The van der Waals surface area contributed by atoms with Gasteiger partial charge in [-0.3, -0.25) is 0 Å². The normalized spacial score (nSPS) is 11.0. The summed E-state index contributed by atoms with van der Waals surface area (Å²) in [5.74, 6) is 0. The van der Waals surface area contributed by atoms with Gasteiger partial charge in [0.1, 0.15) is 0 Å². The Kier molecular flexibility index (Phi) is 7.53. The molecule has 2 aromatic rings. The fourth-order valence-corrected chi connectivity index (χ4v) is 2.81. The minimum absolute atomic E-state index is 0.939. The molecule has 132 valence electrons. The van der Waals surface area contributed by atoms with Crippen molar-refractivity contribution in [3.05, 3.63) is 77.4 Å². The number of hydrogen-bond acceptors (Lipinski definition) is 1. The van der Waals surface area contributed by atoms with Crippen LogP contribution in [0, 0.1) is 6.92 Å². The molecule has 2 rings (SSSR count). The molecule has 0 aliphatic heterocycles. The third kappa shape index (κ3) is 5.94. The molecule has 1 N–H and O–H groups in total. The molecule has 1 heteroatoms. The molecule has 25 heavy (non-hydrogen) atoms. The Morgan fingerprint density at radius 2 is 1.80 bits per heavy atom. The van der Waals surface area contributed by atoms with E-state index in [9.17, 15) is 0 Å². The van der Waals surface area contributed by atoms with Crippen molar-refractivity contribution in [1.82, 2.24) is 0 Å². The zero-order chi connectivity index (χ0) is 18.1. The second-order valence-corrected chi connectivity index (χ2v) is 6.66. The molecule has 0 aliphatic rings. The Balaban J connectivity index is 2.04. The van der Waals surface area contributed by atoms with Gasteiger partial charge in [-0.05, 0) is 60.6 Å². The van der Waals surface area contributed by atoms with Crippen molar-refractivity contribution in [2.24, 2.45) is 0 Å². The van der Waals surface area contributed by atoms with Gasteiger partial charge in [-0.25, -0.2) is 0 Å². The first-order valence-corrected chi connectivity index (χ1v) is 9.46. The van der Waals surface area contributed by atoms with Crippen LogP contribution < -0.4 is 5.32 Å². The maximum absolute atomic E-state index is 4.21. The van der Waals surface area contributed by atoms with E-state index in [1.165, 1.54) is 36.0 Å². The summed E-state index contributed by atoms with van der Waals surface area (Å²) in [6.45, 7) is 10.8. The van der Waals surface area contributed by atoms with E-state index in [0.29, 0.717) is 0 Å². The highest BCUT2D eigenvalue weighted by Gasteiger charge is 2.03. The Hall–Kier alpha value is -2.28. The molecular weight excluding hydrogens is 302 g/mol. The van der Waals surface area contributed by atoms with E-state index >= 15 is 0 Å². The largest absolute Gasteiger partial charge is 0.356 e. The molecule has 0 unspecified atom stereocenters. The minimum Gasteiger partial charge on any atom is -0.356 e. The van der Waals surface area contributed by atoms with Gasteiger partial charge in [0.25, 0.3) is 0 Å². The summed E-state index contributed by atoms with van der Waals surface area (Å²) in [7, 11) is 0. The molecule has 0 aliphatic carbocycles. The number of allylic oxidation sites excluding steroid dienone is 1. The van der Waals surface area contributed by atoms with Crippen LogP contribution in [0.4, 0.5) is 5.69 Å². The number of anilines is 1. The van der Waals surface area contributed by atoms with Gasteiger partial charge in [0.05, 0.1) is 0 Å². The molecule has 2 aromatic carbocycles. The fourth-order valence-electron chi connectivity index (χ4n) is 2.81. The van der Waals surface area contributed by atoms with E-state index in [1.54, 1.807) is 0 Å². The van der Waals surface area contributed by atoms with Crippen LogP contribution in [-0.2, 0) is 6.42 Å². The first-order valence-electron chi connectivity index (χ1n) is 9.46. The molecule has 0 heterocycles. The maximum atomic E-state index is 4.21. The third-order valence-electron chi connectivity index (χ3n) is 4.47.